The number of aliphatic hydroxyl groups is 1. The van der Waals surface area contributed by atoms with Gasteiger partial charge in [0.15, 0.2) is 5.78 Å². The van der Waals surface area contributed by atoms with Crippen molar-refractivity contribution in [1.29, 1.82) is 0 Å². The number of thioether (sulfide) groups is 1. The van der Waals surface area contributed by atoms with Crippen molar-refractivity contribution in [1.82, 2.24) is 45.9 Å². The molecule has 1 aromatic heterocycles. The van der Waals surface area contributed by atoms with E-state index in [0.717, 1.165) is 34.9 Å². The van der Waals surface area contributed by atoms with E-state index in [0.29, 0.717) is 59.9 Å². The maximum atomic E-state index is 14.5. The first kappa shape index (κ1) is 62.1. The molecule has 0 spiro atoms. The van der Waals surface area contributed by atoms with Crippen LogP contribution in [-0.4, -0.2) is 126 Å². The Labute approximate surface area is 480 Å². The average molecular weight is 1170 g/mol. The fourth-order valence-corrected chi connectivity index (χ4v) is 15.1. The van der Waals surface area contributed by atoms with Crippen LogP contribution in [0, 0.1) is 5.92 Å². The van der Waals surface area contributed by atoms with Gasteiger partial charge in [-0.3, -0.25) is 19.2 Å². The Morgan fingerprint density at radius 3 is 2.12 bits per heavy atom. The number of nitrogens with zero attached hydrogens (tertiary/aromatic N) is 4. The van der Waals surface area contributed by atoms with Gasteiger partial charge in [0.2, 0.25) is 37.6 Å². The second kappa shape index (κ2) is 28.0. The molecule has 2 saturated heterocycles. The van der Waals surface area contributed by atoms with Gasteiger partial charge in [-0.25, -0.2) is 26.3 Å². The molecular formula is C59H77N9O10S3. The molecule has 2 aliphatic rings. The summed E-state index contributed by atoms with van der Waals surface area (Å²) in [6, 6.07) is 25.9. The zero-order chi connectivity index (χ0) is 58.5. The van der Waals surface area contributed by atoms with Crippen LogP contribution in [0.2, 0.25) is 0 Å². The first-order valence-corrected chi connectivity index (χ1v) is 31.7. The SMILES string of the molecule is CC(C)CN(CC(O)[C@H](C)n1cc(CNC(=O)[C@H](Cc2ccc(C(=O)c3ccccc3)cc2)NC(=O)CCCCCNC(=O)CCCC[C@@H]2SC[C@@H]3NC(=O)N[C@@H]32)nn1)S(=O)(=O)c1ccccc1S(=O)(=O)c1ccc(C(C)(C)C)cc1. The predicted molar refractivity (Wildman–Crippen MR) is 311 cm³/mol. The zero-order valence-electron chi connectivity index (χ0n) is 47.0. The summed E-state index contributed by atoms with van der Waals surface area (Å²) in [7, 11) is -8.82. The fourth-order valence-electron chi connectivity index (χ4n) is 9.83. The van der Waals surface area contributed by atoms with Gasteiger partial charge in [-0.2, -0.15) is 16.1 Å². The third-order valence-corrected chi connectivity index (χ3v) is 19.9. The van der Waals surface area contributed by atoms with Crippen molar-refractivity contribution in [2.75, 3.05) is 25.4 Å². The third kappa shape index (κ3) is 16.8. The lowest BCUT2D eigenvalue weighted by Crippen LogP contribution is -2.47. The molecule has 0 radical (unpaired) electrons. The first-order valence-electron chi connectivity index (χ1n) is 27.8. The molecule has 436 valence electrons. The van der Waals surface area contributed by atoms with Gasteiger partial charge in [-0.05, 0) is 79.3 Å². The molecule has 6 atom stereocenters. The average Bonchev–Trinajstić information content (AvgIpc) is 4.18. The molecule has 2 fully saturated rings. The van der Waals surface area contributed by atoms with Gasteiger partial charge < -0.3 is 31.7 Å². The number of carbonyl (C=O) groups is 5. The van der Waals surface area contributed by atoms with Crippen molar-refractivity contribution in [3.8, 4) is 0 Å². The van der Waals surface area contributed by atoms with Crippen molar-refractivity contribution in [2.24, 2.45) is 5.92 Å². The van der Waals surface area contributed by atoms with E-state index in [1.54, 1.807) is 67.6 Å². The molecule has 22 heteroatoms. The van der Waals surface area contributed by atoms with E-state index in [9.17, 15) is 45.9 Å². The van der Waals surface area contributed by atoms with Gasteiger partial charge in [0.05, 0.1) is 46.8 Å². The maximum Gasteiger partial charge on any atom is 0.315 e. The van der Waals surface area contributed by atoms with Gasteiger partial charge in [0.1, 0.15) is 16.6 Å². The molecule has 1 unspecified atom stereocenters. The number of sulfonamides is 1. The van der Waals surface area contributed by atoms with E-state index < -0.39 is 55.4 Å². The summed E-state index contributed by atoms with van der Waals surface area (Å²) in [4.78, 5) is 63.9. The van der Waals surface area contributed by atoms with E-state index in [1.807, 2.05) is 52.4 Å². The van der Waals surface area contributed by atoms with Gasteiger partial charge in [-0.15, -0.1) is 5.10 Å². The summed E-state index contributed by atoms with van der Waals surface area (Å²) in [5.41, 5.74) is 2.68. The highest BCUT2D eigenvalue weighted by Crippen LogP contribution is 2.34. The molecular weight excluding hydrogens is 1090 g/mol. The van der Waals surface area contributed by atoms with Crippen LogP contribution in [0.15, 0.2) is 124 Å². The Bertz CT molecular complexity index is 3190. The van der Waals surface area contributed by atoms with Crippen LogP contribution in [0.1, 0.15) is 132 Å². The Morgan fingerprint density at radius 2 is 1.43 bits per heavy atom. The predicted octanol–water partition coefficient (Wildman–Crippen LogP) is 6.65. The molecule has 0 bridgehead atoms. The number of aromatic nitrogens is 3. The van der Waals surface area contributed by atoms with Crippen LogP contribution in [0.25, 0.3) is 0 Å². The van der Waals surface area contributed by atoms with E-state index >= 15 is 0 Å². The van der Waals surface area contributed by atoms with Crippen LogP contribution in [0.5, 0.6) is 0 Å². The van der Waals surface area contributed by atoms with Crippen LogP contribution >= 0.6 is 11.8 Å². The quantitative estimate of drug-likeness (QED) is 0.0167. The van der Waals surface area contributed by atoms with Gasteiger partial charge in [-0.1, -0.05) is 132 Å². The number of hydrogen-bond acceptors (Lipinski definition) is 13. The number of carbonyl (C=O) groups excluding carboxylic acids is 5. The molecule has 4 aromatic carbocycles. The molecule has 2 aliphatic heterocycles. The number of hydrogen-bond donors (Lipinski definition) is 6. The molecule has 19 nitrogen and oxygen atoms in total. The van der Waals surface area contributed by atoms with E-state index in [1.165, 1.54) is 47.3 Å². The van der Waals surface area contributed by atoms with Crippen LogP contribution in [0.4, 0.5) is 4.79 Å². The minimum absolute atomic E-state index is 0.0203. The third-order valence-electron chi connectivity index (χ3n) is 14.5. The minimum atomic E-state index is -4.52. The monoisotopic (exact) mass is 1170 g/mol. The van der Waals surface area contributed by atoms with Crippen LogP contribution < -0.4 is 26.6 Å². The molecule has 5 amide bonds. The summed E-state index contributed by atoms with van der Waals surface area (Å²) in [5.74, 6) is -0.333. The maximum absolute atomic E-state index is 14.5. The largest absolute Gasteiger partial charge is 0.390 e. The van der Waals surface area contributed by atoms with Crippen molar-refractivity contribution in [3.05, 3.63) is 137 Å². The molecule has 3 heterocycles. The number of amides is 5. The van der Waals surface area contributed by atoms with Gasteiger partial charge >= 0.3 is 6.03 Å². The number of nitrogens with one attached hydrogen (secondary N) is 5. The molecule has 5 aromatic rings. The first-order chi connectivity index (χ1) is 38.5. The lowest BCUT2D eigenvalue weighted by Gasteiger charge is -2.29. The second-order valence-corrected chi connectivity index (χ2v) is 27.5. The number of urea groups is 1. The highest BCUT2D eigenvalue weighted by Gasteiger charge is 2.42. The van der Waals surface area contributed by atoms with Crippen LogP contribution in [-0.2, 0) is 52.6 Å². The fraction of sp³-hybridized carbons (Fsp3) is 0.475. The van der Waals surface area contributed by atoms with E-state index in [-0.39, 0.29) is 82.8 Å². The Hall–Kier alpha value is -6.46. The Morgan fingerprint density at radius 1 is 0.778 bits per heavy atom. The number of sulfone groups is 1. The summed E-state index contributed by atoms with van der Waals surface area (Å²) in [5, 5.41) is 35.0. The Kier molecular flexibility index (Phi) is 21.5. The normalized spacial score (nSPS) is 17.4. The summed E-state index contributed by atoms with van der Waals surface area (Å²) < 4.78 is 59.7. The van der Waals surface area contributed by atoms with Crippen molar-refractivity contribution < 1.29 is 45.9 Å². The van der Waals surface area contributed by atoms with E-state index in [4.69, 9.17) is 0 Å². The highest BCUT2D eigenvalue weighted by molar-refractivity contribution is 8.00. The second-order valence-electron chi connectivity index (χ2n) is 22.4. The summed E-state index contributed by atoms with van der Waals surface area (Å²) >= 11 is 1.86. The summed E-state index contributed by atoms with van der Waals surface area (Å²) in [6.07, 6.45) is 5.29. The van der Waals surface area contributed by atoms with Crippen molar-refractivity contribution >= 4 is 61.2 Å². The molecule has 6 N–H and O–H groups in total. The number of rotatable bonds is 29. The number of unbranched alkanes of at least 4 members (excludes halogenated alkanes) is 3. The smallest absolute Gasteiger partial charge is 0.315 e. The minimum Gasteiger partial charge on any atom is -0.390 e. The van der Waals surface area contributed by atoms with Gasteiger partial charge in [0.25, 0.3) is 0 Å². The number of aliphatic hydroxyl groups excluding tert-OH is 1. The topological polar surface area (TPSA) is 268 Å². The lowest BCUT2D eigenvalue weighted by atomic mass is 9.87. The Balaban J connectivity index is 0.934. The molecule has 0 saturated carbocycles. The highest BCUT2D eigenvalue weighted by atomic mass is 32.2. The molecule has 7 rings (SSSR count). The van der Waals surface area contributed by atoms with Gasteiger partial charge in [0, 0.05) is 61.0 Å². The van der Waals surface area contributed by atoms with E-state index in [2.05, 4.69) is 36.9 Å². The molecule has 81 heavy (non-hydrogen) atoms. The number of ketones is 1. The van der Waals surface area contributed by atoms with Crippen LogP contribution in [0.3, 0.4) is 0 Å². The van der Waals surface area contributed by atoms with Crippen molar-refractivity contribution in [3.63, 3.8) is 0 Å². The number of fused-ring (bicyclic) bond motifs is 1. The number of benzene rings is 4. The standard InChI is InChI=1S/C59H77N9O10S3/c1-39(2)35-67(81(77,78)52-21-14-13-20-51(52)80(75,76)46-30-28-44(29-31-46)59(4,5)6)37-49(69)40(3)68-36-45(65-66-68)34-61-57(73)47(33-41-24-26-43(27-25-41)56(72)42-17-9-7-10-18-42)62-54(71)23-11-8-16-32-60-53(70)22-15-12-19-50-55-48(38-79-50)63-58(74)64-55/h7,9-10,13-14,17-18,20-21,24-31,36,39-40,47-50,55,69H,8,11-12,15-16,19,22-23,32-35,37-38H2,1-6H3,(H,60,70)(H,61,73)(H,62,71)(H2,63,64,74)/t40-,47-,48-,49?,50-,55-/m0/s1. The zero-order valence-corrected chi connectivity index (χ0v) is 49.4. The molecule has 0 aliphatic carbocycles. The van der Waals surface area contributed by atoms with Crippen molar-refractivity contribution in [2.45, 2.75) is 161 Å². The summed E-state index contributed by atoms with van der Waals surface area (Å²) in [6.45, 7) is 11.2. The lowest BCUT2D eigenvalue weighted by molar-refractivity contribution is -0.129.